The average molecular weight is 1520 g/mol. The molecule has 0 fully saturated rings. The molecule has 25 aromatic rings. The van der Waals surface area contributed by atoms with E-state index in [9.17, 15) is 0 Å². The lowest BCUT2D eigenvalue weighted by Gasteiger charge is -2.15. The standard InChI is InChI=1S/C57H34N4O.C51H30N4O2/c1-3-16-35(17-4-1)38-26-15-27-47-52-51(62-54(38)47)33-32-45-44-24-11-13-28-49(44)61(53(45)52)50-29-14-12-25-46(50)57-59-55(36-18-5-2-6-19-36)58-56(60-57)37-30-31-43-41-22-8-7-20-39(41)40-21-9-10-23-42(40)48(43)34-37;1-3-14-31(15-4-1)34-21-13-22-40-46-44(57-48(34)40)29-28-38-35-18-7-10-23-41(35)55(47(38)46)42-24-11-8-20-39(42)51-53-49(32-16-5-2-6-17-32)52-50(54-51)33-26-27-37-36-19-9-12-25-43(36)56-45(37)30-33/h1-34H;1-30H. The molecular formula is C108H64N8O3. The van der Waals surface area contributed by atoms with Crippen LogP contribution < -0.4 is 0 Å². The highest BCUT2D eigenvalue weighted by Gasteiger charge is 2.28. The molecular weight excluding hydrogens is 1460 g/mol. The van der Waals surface area contributed by atoms with Gasteiger partial charge in [-0.15, -0.1) is 0 Å². The molecule has 0 amide bonds. The summed E-state index contributed by atoms with van der Waals surface area (Å²) >= 11 is 0. The van der Waals surface area contributed by atoms with Crippen LogP contribution in [0.5, 0.6) is 0 Å². The van der Waals surface area contributed by atoms with Crippen molar-refractivity contribution in [1.82, 2.24) is 39.0 Å². The summed E-state index contributed by atoms with van der Waals surface area (Å²) in [7, 11) is 0. The quantitative estimate of drug-likeness (QED) is 0.123. The number of benzene rings is 18. The lowest BCUT2D eigenvalue weighted by Crippen LogP contribution is -2.03. The van der Waals surface area contributed by atoms with Crippen LogP contribution in [0.25, 0.3) is 244 Å². The molecule has 18 aromatic carbocycles. The van der Waals surface area contributed by atoms with E-state index in [-0.39, 0.29) is 0 Å². The summed E-state index contributed by atoms with van der Waals surface area (Å²) in [5.41, 5.74) is 21.0. The minimum atomic E-state index is 0.565. The second-order valence-electron chi connectivity index (χ2n) is 30.2. The Morgan fingerprint density at radius 2 is 0.504 bits per heavy atom. The molecule has 119 heavy (non-hydrogen) atoms. The summed E-state index contributed by atoms with van der Waals surface area (Å²) in [5, 5.41) is 18.3. The smallest absolute Gasteiger partial charge is 0.166 e. The van der Waals surface area contributed by atoms with Crippen LogP contribution in [-0.4, -0.2) is 39.0 Å². The number of nitrogens with zero attached hydrogens (tertiary/aromatic N) is 8. The zero-order valence-corrected chi connectivity index (χ0v) is 63.8. The summed E-state index contributed by atoms with van der Waals surface area (Å²) in [5.74, 6) is 3.54. The Morgan fingerprint density at radius 1 is 0.176 bits per heavy atom. The fourth-order valence-electron chi connectivity index (χ4n) is 18.2. The normalized spacial score (nSPS) is 11.9. The third-order valence-electron chi connectivity index (χ3n) is 23.5. The van der Waals surface area contributed by atoms with Gasteiger partial charge in [-0.2, -0.15) is 0 Å². The van der Waals surface area contributed by atoms with Gasteiger partial charge in [0.1, 0.15) is 33.5 Å². The van der Waals surface area contributed by atoms with E-state index in [4.69, 9.17) is 43.2 Å². The first-order chi connectivity index (χ1) is 59.0. The highest BCUT2D eigenvalue weighted by Crippen LogP contribution is 2.48. The summed E-state index contributed by atoms with van der Waals surface area (Å²) < 4.78 is 24.6. The summed E-state index contributed by atoms with van der Waals surface area (Å²) in [4.78, 5) is 31.4. The molecule has 0 radical (unpaired) electrons. The SMILES string of the molecule is c1ccc(-c2nc(-c3ccc4c(c3)oc3ccccc34)nc(-c3ccccc3-n3c4ccccc4c4ccc5oc6c(-c7ccccc7)cccc6c5c43)n2)cc1.c1ccc(-c2nc(-c3ccc4c5ccccc5c5ccccc5c4c3)nc(-c3ccccc3-n3c4ccccc4c4ccc5oc6c(-c7ccccc7)cccc6c5c43)n2)cc1. The van der Waals surface area contributed by atoms with Crippen LogP contribution in [0.2, 0.25) is 0 Å². The molecule has 554 valence electrons. The van der Waals surface area contributed by atoms with E-state index in [2.05, 4.69) is 306 Å². The Morgan fingerprint density at radius 3 is 0.983 bits per heavy atom. The first kappa shape index (κ1) is 67.3. The van der Waals surface area contributed by atoms with Crippen LogP contribution in [0.3, 0.4) is 0 Å². The molecule has 0 spiro atoms. The lowest BCUT2D eigenvalue weighted by molar-refractivity contribution is 0.669. The maximum absolute atomic E-state index is 6.81. The van der Waals surface area contributed by atoms with Gasteiger partial charge < -0.3 is 22.4 Å². The van der Waals surface area contributed by atoms with Crippen LogP contribution in [0.15, 0.2) is 401 Å². The number of furan rings is 3. The number of aromatic nitrogens is 8. The first-order valence-electron chi connectivity index (χ1n) is 40.0. The van der Waals surface area contributed by atoms with Crippen molar-refractivity contribution >= 4 is 142 Å². The Bertz CT molecular complexity index is 8400. The minimum absolute atomic E-state index is 0.565. The van der Waals surface area contributed by atoms with E-state index in [0.717, 1.165) is 182 Å². The van der Waals surface area contributed by atoms with Crippen molar-refractivity contribution < 1.29 is 13.3 Å². The van der Waals surface area contributed by atoms with Crippen molar-refractivity contribution in [1.29, 1.82) is 0 Å². The van der Waals surface area contributed by atoms with Crippen LogP contribution >= 0.6 is 0 Å². The zero-order valence-electron chi connectivity index (χ0n) is 63.8. The van der Waals surface area contributed by atoms with E-state index in [0.29, 0.717) is 34.9 Å². The van der Waals surface area contributed by atoms with Gasteiger partial charge in [0.15, 0.2) is 34.9 Å². The second-order valence-corrected chi connectivity index (χ2v) is 30.2. The number of hydrogen-bond donors (Lipinski definition) is 0. The van der Waals surface area contributed by atoms with E-state index < -0.39 is 0 Å². The number of hydrogen-bond acceptors (Lipinski definition) is 9. The van der Waals surface area contributed by atoms with Crippen molar-refractivity contribution in [3.05, 3.63) is 388 Å². The fraction of sp³-hybridized carbons (Fsp3) is 0. The lowest BCUT2D eigenvalue weighted by atomic mass is 9.93. The number of para-hydroxylation sites is 7. The van der Waals surface area contributed by atoms with Gasteiger partial charge in [-0.05, 0) is 128 Å². The molecule has 11 nitrogen and oxygen atoms in total. The molecule has 25 rings (SSSR count). The van der Waals surface area contributed by atoms with Crippen molar-refractivity contribution in [2.24, 2.45) is 0 Å². The van der Waals surface area contributed by atoms with Gasteiger partial charge >= 0.3 is 0 Å². The highest BCUT2D eigenvalue weighted by molar-refractivity contribution is 6.29. The molecule has 11 heteroatoms. The molecule has 0 atom stereocenters. The third kappa shape index (κ3) is 10.9. The third-order valence-corrected chi connectivity index (χ3v) is 23.5. The van der Waals surface area contributed by atoms with Crippen molar-refractivity contribution in [2.45, 2.75) is 0 Å². The van der Waals surface area contributed by atoms with Crippen molar-refractivity contribution in [3.63, 3.8) is 0 Å². The Balaban J connectivity index is 0.000000136. The van der Waals surface area contributed by atoms with Crippen LogP contribution in [-0.2, 0) is 0 Å². The molecule has 7 aromatic heterocycles. The predicted molar refractivity (Wildman–Crippen MR) is 486 cm³/mol. The van der Waals surface area contributed by atoms with E-state index in [1.807, 2.05) is 91.0 Å². The largest absolute Gasteiger partial charge is 0.456 e. The molecule has 0 saturated heterocycles. The first-order valence-corrected chi connectivity index (χ1v) is 40.0. The monoisotopic (exact) mass is 1520 g/mol. The average Bonchev–Trinajstić information content (AvgIpc) is 1.56. The maximum Gasteiger partial charge on any atom is 0.166 e. The van der Waals surface area contributed by atoms with Crippen LogP contribution in [0.4, 0.5) is 0 Å². The molecule has 7 heterocycles. The zero-order chi connectivity index (χ0) is 78.2. The molecule has 0 bridgehead atoms. The van der Waals surface area contributed by atoms with Gasteiger partial charge in [-0.3, -0.25) is 0 Å². The van der Waals surface area contributed by atoms with Crippen molar-refractivity contribution in [2.75, 3.05) is 0 Å². The van der Waals surface area contributed by atoms with Crippen LogP contribution in [0, 0.1) is 0 Å². The minimum Gasteiger partial charge on any atom is -0.456 e. The van der Waals surface area contributed by atoms with Gasteiger partial charge in [-0.1, -0.05) is 303 Å². The van der Waals surface area contributed by atoms with Gasteiger partial charge in [0, 0.05) is 87.6 Å². The molecule has 0 aliphatic carbocycles. The van der Waals surface area contributed by atoms with Gasteiger partial charge in [0.25, 0.3) is 0 Å². The molecule has 0 unspecified atom stereocenters. The predicted octanol–water partition coefficient (Wildman–Crippen LogP) is 28.4. The number of fused-ring (bicyclic) bond motifs is 23. The fourth-order valence-corrected chi connectivity index (χ4v) is 18.2. The van der Waals surface area contributed by atoms with E-state index >= 15 is 0 Å². The highest BCUT2D eigenvalue weighted by atomic mass is 16.3. The maximum atomic E-state index is 6.81. The number of rotatable bonds is 10. The summed E-state index contributed by atoms with van der Waals surface area (Å²) in [6.45, 7) is 0. The van der Waals surface area contributed by atoms with E-state index in [1.54, 1.807) is 0 Å². The van der Waals surface area contributed by atoms with Crippen molar-refractivity contribution in [3.8, 4) is 102 Å². The van der Waals surface area contributed by atoms with Gasteiger partial charge in [-0.25, -0.2) is 29.9 Å². The topological polar surface area (TPSA) is 127 Å². The van der Waals surface area contributed by atoms with Crippen LogP contribution in [0.1, 0.15) is 0 Å². The Hall–Kier alpha value is -16.2. The molecule has 0 aliphatic heterocycles. The summed E-state index contributed by atoms with van der Waals surface area (Å²) in [6.07, 6.45) is 0. The van der Waals surface area contributed by atoms with Gasteiger partial charge in [0.05, 0.1) is 44.2 Å². The Labute approximate surface area is 679 Å². The summed E-state index contributed by atoms with van der Waals surface area (Å²) in [6, 6.07) is 135. The second kappa shape index (κ2) is 27.2. The molecule has 0 N–H and O–H groups in total. The Kier molecular flexibility index (Phi) is 15.4. The van der Waals surface area contributed by atoms with Gasteiger partial charge in [0.2, 0.25) is 0 Å². The molecule has 0 saturated carbocycles. The molecule has 0 aliphatic rings. The van der Waals surface area contributed by atoms with E-state index in [1.165, 1.54) is 26.9 Å².